The molecule has 5 aliphatic rings. The maximum atomic E-state index is 7.59. The Hall–Kier alpha value is -8.87. The highest BCUT2D eigenvalue weighted by Gasteiger charge is 2.54. The van der Waals surface area contributed by atoms with Crippen molar-refractivity contribution in [1.82, 2.24) is 0 Å². The molecule has 70 heavy (non-hydrogen) atoms. The molecule has 17 rings (SSSR count). The van der Waals surface area contributed by atoms with E-state index in [2.05, 4.69) is 194 Å². The van der Waals surface area contributed by atoms with Gasteiger partial charge in [0.25, 0.3) is 13.4 Å². The molecule has 2 aromatic heterocycles. The highest BCUT2D eigenvalue weighted by atomic mass is 16.5. The van der Waals surface area contributed by atoms with Gasteiger partial charge in [-0.15, -0.1) is 0 Å². The molecule has 0 spiro atoms. The van der Waals surface area contributed by atoms with Gasteiger partial charge in [0.15, 0.2) is 0 Å². The van der Waals surface area contributed by atoms with Crippen LogP contribution in [0.2, 0.25) is 0 Å². The van der Waals surface area contributed by atoms with Gasteiger partial charge in [0.05, 0.1) is 33.9 Å². The van der Waals surface area contributed by atoms with Crippen molar-refractivity contribution in [2.24, 2.45) is 0 Å². The first-order valence-corrected chi connectivity index (χ1v) is 24.1. The van der Waals surface area contributed by atoms with Crippen molar-refractivity contribution in [1.29, 1.82) is 0 Å². The molecule has 324 valence electrons. The smallest absolute Gasteiger partial charge is 0.256 e. The molecule has 0 radical (unpaired) electrons. The summed E-state index contributed by atoms with van der Waals surface area (Å²) in [6, 6.07) is 65.4. The lowest BCUT2D eigenvalue weighted by molar-refractivity contribution is 0.467. The SMILES string of the molecule is Cc1cc2c3c(c1)N(c1ccccc1)c1cc(C)cc4c1N3c1c3c(cc5c1B4c1cc4c(oc6ccccc64)c(-c4ccccc4)c1O5)Oc1c(cc4c(oc5ccccc54)c1-c1ccccc1)B23. The van der Waals surface area contributed by atoms with E-state index in [0.29, 0.717) is 0 Å². The second kappa shape index (κ2) is 13.0. The van der Waals surface area contributed by atoms with Crippen molar-refractivity contribution in [2.75, 3.05) is 9.80 Å². The third kappa shape index (κ3) is 4.57. The van der Waals surface area contributed by atoms with Gasteiger partial charge in [0.1, 0.15) is 45.3 Å². The summed E-state index contributed by atoms with van der Waals surface area (Å²) in [6.07, 6.45) is 0. The van der Waals surface area contributed by atoms with E-state index in [-0.39, 0.29) is 13.4 Å². The first-order chi connectivity index (χ1) is 34.6. The number of fused-ring (bicyclic) bond motifs is 12. The van der Waals surface area contributed by atoms with E-state index in [1.54, 1.807) is 0 Å². The van der Waals surface area contributed by atoms with Crippen LogP contribution in [0.1, 0.15) is 11.1 Å². The molecule has 0 atom stereocenters. The minimum Gasteiger partial charge on any atom is -0.457 e. The molecule has 0 fully saturated rings. The van der Waals surface area contributed by atoms with E-state index < -0.39 is 0 Å². The first-order valence-electron chi connectivity index (χ1n) is 24.1. The topological polar surface area (TPSA) is 51.2 Å². The largest absolute Gasteiger partial charge is 0.457 e. The fraction of sp³-hybridized carbons (Fsp3) is 0.0323. The molecule has 12 aromatic rings. The summed E-state index contributed by atoms with van der Waals surface area (Å²) >= 11 is 0. The van der Waals surface area contributed by atoms with Crippen LogP contribution in [0, 0.1) is 13.8 Å². The molecule has 0 aliphatic carbocycles. The fourth-order valence-electron chi connectivity index (χ4n) is 13.1. The molecule has 0 saturated carbocycles. The molecule has 0 amide bonds. The Kier molecular flexibility index (Phi) is 6.90. The number of benzene rings is 10. The number of para-hydroxylation sites is 3. The van der Waals surface area contributed by atoms with Crippen LogP contribution < -0.4 is 52.1 Å². The maximum absolute atomic E-state index is 7.59. The number of ether oxygens (including phenoxy) is 2. The Balaban J connectivity index is 1.05. The van der Waals surface area contributed by atoms with Gasteiger partial charge in [-0.05, 0) is 105 Å². The number of anilines is 6. The highest BCUT2D eigenvalue weighted by molar-refractivity contribution is 7.04. The Bertz CT molecular complexity index is 4100. The van der Waals surface area contributed by atoms with E-state index in [0.717, 1.165) is 134 Å². The second-order valence-electron chi connectivity index (χ2n) is 19.6. The number of rotatable bonds is 3. The van der Waals surface area contributed by atoms with Crippen molar-refractivity contribution in [3.63, 3.8) is 0 Å². The van der Waals surface area contributed by atoms with Crippen molar-refractivity contribution in [3.05, 3.63) is 193 Å². The summed E-state index contributed by atoms with van der Waals surface area (Å²) in [5.41, 5.74) is 23.6. The quantitative estimate of drug-likeness (QED) is 0.165. The molecule has 0 saturated heterocycles. The number of furan rings is 2. The Morgan fingerprint density at radius 1 is 0.386 bits per heavy atom. The minimum absolute atomic E-state index is 0.196. The van der Waals surface area contributed by atoms with E-state index in [1.165, 1.54) is 33.4 Å². The van der Waals surface area contributed by atoms with E-state index >= 15 is 0 Å². The Morgan fingerprint density at radius 3 is 1.31 bits per heavy atom. The summed E-state index contributed by atoms with van der Waals surface area (Å²) in [4.78, 5) is 5.11. The average Bonchev–Trinajstić information content (AvgIpc) is 3.96. The van der Waals surface area contributed by atoms with Crippen LogP contribution in [0.5, 0.6) is 23.0 Å². The van der Waals surface area contributed by atoms with Crippen molar-refractivity contribution in [3.8, 4) is 45.3 Å². The number of nitrogens with zero attached hydrogens (tertiary/aromatic N) is 2. The summed E-state index contributed by atoms with van der Waals surface area (Å²) in [6.45, 7) is 4.09. The predicted molar refractivity (Wildman–Crippen MR) is 287 cm³/mol. The Labute approximate surface area is 402 Å². The number of hydrogen-bond acceptors (Lipinski definition) is 6. The van der Waals surface area contributed by atoms with Gasteiger partial charge < -0.3 is 28.1 Å². The van der Waals surface area contributed by atoms with Crippen molar-refractivity contribution in [2.45, 2.75) is 13.8 Å². The summed E-state index contributed by atoms with van der Waals surface area (Å²) in [7, 11) is 0. The predicted octanol–water partition coefficient (Wildman–Crippen LogP) is 12.6. The molecule has 6 nitrogen and oxygen atoms in total. The van der Waals surface area contributed by atoms with Gasteiger partial charge in [-0.3, -0.25) is 0 Å². The zero-order valence-electron chi connectivity index (χ0n) is 38.0. The number of hydrogen-bond donors (Lipinski definition) is 0. The fourth-order valence-corrected chi connectivity index (χ4v) is 13.1. The lowest BCUT2D eigenvalue weighted by Gasteiger charge is -2.52. The molecule has 7 heterocycles. The second-order valence-corrected chi connectivity index (χ2v) is 19.6. The van der Waals surface area contributed by atoms with Crippen LogP contribution in [0.4, 0.5) is 34.1 Å². The molecule has 0 N–H and O–H groups in total. The summed E-state index contributed by atoms with van der Waals surface area (Å²) in [5.74, 6) is 3.17. The summed E-state index contributed by atoms with van der Waals surface area (Å²) < 4.78 is 28.9. The molecule has 8 heteroatoms. The lowest BCUT2D eigenvalue weighted by atomic mass is 9.29. The minimum atomic E-state index is -0.196. The zero-order chi connectivity index (χ0) is 45.7. The zero-order valence-corrected chi connectivity index (χ0v) is 38.0. The monoisotopic (exact) mass is 894 g/mol. The average molecular weight is 895 g/mol. The maximum Gasteiger partial charge on any atom is 0.256 e. The van der Waals surface area contributed by atoms with Gasteiger partial charge >= 0.3 is 0 Å². The third-order valence-corrected chi connectivity index (χ3v) is 15.7. The standard InChI is InChI=1S/C62H36B2N2O4/c1-33-26-42-56-46(28-33)65(37-20-10-5-11-21-37)47-29-34(2)27-43-57(47)66(56)58-54-50(69-61-44(63(42)54)30-40-38-22-12-14-24-48(38)67-59(40)52(61)35-16-6-3-7-17-35)32-51-55(58)64(43)45-31-41-39-23-13-15-25-49(39)68-60(41)53(62(45)70-51)36-18-8-4-9-19-36/h3-32H,1-2H3. The molecule has 10 aromatic carbocycles. The van der Waals surface area contributed by atoms with Crippen LogP contribution >= 0.6 is 0 Å². The number of aryl methyl sites for hydroxylation is 2. The van der Waals surface area contributed by atoms with Crippen LogP contribution in [-0.2, 0) is 0 Å². The Morgan fingerprint density at radius 2 is 0.829 bits per heavy atom. The molecular weight excluding hydrogens is 858 g/mol. The van der Waals surface area contributed by atoms with Crippen molar-refractivity contribution >= 4 is 124 Å². The van der Waals surface area contributed by atoms with Gasteiger partial charge in [0, 0.05) is 39.0 Å². The normalized spacial score (nSPS) is 14.0. The van der Waals surface area contributed by atoms with E-state index in [4.69, 9.17) is 18.3 Å². The van der Waals surface area contributed by atoms with Crippen LogP contribution in [-0.4, -0.2) is 13.4 Å². The van der Waals surface area contributed by atoms with Gasteiger partial charge in [0.2, 0.25) is 0 Å². The molecule has 5 aliphatic heterocycles. The van der Waals surface area contributed by atoms with Gasteiger partial charge in [-0.1, -0.05) is 140 Å². The first kappa shape index (κ1) is 37.2. The molecule has 0 bridgehead atoms. The molecule has 0 unspecified atom stereocenters. The van der Waals surface area contributed by atoms with Gasteiger partial charge in [-0.25, -0.2) is 0 Å². The molecular formula is C62H36B2N2O4. The lowest BCUT2D eigenvalue weighted by Crippen LogP contribution is -2.67. The van der Waals surface area contributed by atoms with Crippen LogP contribution in [0.25, 0.3) is 66.1 Å². The highest BCUT2D eigenvalue weighted by Crippen LogP contribution is 2.58. The van der Waals surface area contributed by atoms with E-state index in [9.17, 15) is 0 Å². The van der Waals surface area contributed by atoms with Crippen LogP contribution in [0.3, 0.4) is 0 Å². The van der Waals surface area contributed by atoms with E-state index in [1.807, 2.05) is 12.1 Å². The van der Waals surface area contributed by atoms with Crippen LogP contribution in [0.15, 0.2) is 191 Å². The third-order valence-electron chi connectivity index (χ3n) is 15.7. The van der Waals surface area contributed by atoms with Crippen molar-refractivity contribution < 1.29 is 18.3 Å². The van der Waals surface area contributed by atoms with Gasteiger partial charge in [-0.2, -0.15) is 0 Å². The summed E-state index contributed by atoms with van der Waals surface area (Å²) in [5, 5.41) is 4.31.